The molecule has 0 aliphatic carbocycles. The maximum absolute atomic E-state index is 9.09. The summed E-state index contributed by atoms with van der Waals surface area (Å²) in [5, 5.41) is 12.3. The smallest absolute Gasteiger partial charge is 0.127 e. The van der Waals surface area contributed by atoms with Gasteiger partial charge in [0.25, 0.3) is 0 Å². The number of hydrogen-bond donors (Lipinski definition) is 1. The average molecular weight is 242 g/mol. The summed E-state index contributed by atoms with van der Waals surface area (Å²) in [5.74, 6) is 0.544. The molecule has 0 aromatic heterocycles. The lowest BCUT2D eigenvalue weighted by molar-refractivity contribution is 0.0233. The lowest BCUT2D eigenvalue weighted by Gasteiger charge is -2.25. The molecule has 0 aromatic rings. The normalized spacial score (nSPS) is 14.9. The summed E-state index contributed by atoms with van der Waals surface area (Å²) in [6.07, 6.45) is 0. The Morgan fingerprint density at radius 2 is 1.76 bits per heavy atom. The second-order valence-corrected chi connectivity index (χ2v) is 5.26. The molecule has 1 atom stereocenters. The van der Waals surface area contributed by atoms with Gasteiger partial charge in [-0.15, -0.1) is 0 Å². The molecule has 0 spiro atoms. The Morgan fingerprint density at radius 1 is 1.18 bits per heavy atom. The minimum Gasteiger partial charge on any atom is -0.379 e. The molecular formula is C13H26N2O2. The first kappa shape index (κ1) is 16.4. The third kappa shape index (κ3) is 9.11. The number of nitrogens with one attached hydrogen (secondary N) is 1. The summed E-state index contributed by atoms with van der Waals surface area (Å²) in [5.41, 5.74) is -0.619. The van der Waals surface area contributed by atoms with Gasteiger partial charge in [0, 0.05) is 12.6 Å². The number of rotatable bonds is 9. The van der Waals surface area contributed by atoms with E-state index in [-0.39, 0.29) is 6.04 Å². The number of ether oxygens (including phenoxy) is 2. The molecule has 4 heteroatoms. The highest BCUT2D eigenvalue weighted by atomic mass is 16.5. The first-order chi connectivity index (χ1) is 7.89. The molecule has 0 fully saturated rings. The number of hydrogen-bond acceptors (Lipinski definition) is 4. The summed E-state index contributed by atoms with van der Waals surface area (Å²) in [4.78, 5) is 0. The van der Waals surface area contributed by atoms with Crippen LogP contribution in [-0.4, -0.2) is 38.0 Å². The Balaban J connectivity index is 3.67. The molecule has 0 amide bonds. The van der Waals surface area contributed by atoms with Gasteiger partial charge >= 0.3 is 0 Å². The summed E-state index contributed by atoms with van der Waals surface area (Å²) in [6, 6.07) is 2.51. The molecule has 0 saturated heterocycles. The minimum absolute atomic E-state index is 0.264. The second kappa shape index (κ2) is 8.46. The van der Waals surface area contributed by atoms with Crippen molar-refractivity contribution in [2.24, 2.45) is 5.92 Å². The Hall–Kier alpha value is -0.630. The van der Waals surface area contributed by atoms with Crippen molar-refractivity contribution in [1.29, 1.82) is 5.26 Å². The van der Waals surface area contributed by atoms with E-state index in [4.69, 9.17) is 14.7 Å². The highest BCUT2D eigenvalue weighted by Gasteiger charge is 2.24. The van der Waals surface area contributed by atoms with E-state index in [9.17, 15) is 0 Å². The molecule has 4 nitrogen and oxygen atoms in total. The third-order valence-corrected chi connectivity index (χ3v) is 2.07. The van der Waals surface area contributed by atoms with Crippen molar-refractivity contribution in [2.45, 2.75) is 46.2 Å². The molecule has 0 saturated carbocycles. The van der Waals surface area contributed by atoms with Crippen LogP contribution in [0.2, 0.25) is 0 Å². The van der Waals surface area contributed by atoms with Crippen LogP contribution in [0.5, 0.6) is 0 Å². The topological polar surface area (TPSA) is 54.3 Å². The Kier molecular flexibility index (Phi) is 8.15. The summed E-state index contributed by atoms with van der Waals surface area (Å²) < 4.78 is 10.9. The lowest BCUT2D eigenvalue weighted by Crippen LogP contribution is -2.48. The van der Waals surface area contributed by atoms with Crippen LogP contribution in [0.3, 0.4) is 0 Å². The summed E-state index contributed by atoms with van der Waals surface area (Å²) >= 11 is 0. The summed E-state index contributed by atoms with van der Waals surface area (Å²) in [7, 11) is 0. The predicted octanol–water partition coefficient (Wildman–Crippen LogP) is 1.96. The second-order valence-electron chi connectivity index (χ2n) is 5.26. The van der Waals surface area contributed by atoms with E-state index in [1.807, 2.05) is 20.8 Å². The van der Waals surface area contributed by atoms with E-state index >= 15 is 0 Å². The first-order valence-corrected chi connectivity index (χ1v) is 6.24. The Morgan fingerprint density at radius 3 is 2.24 bits per heavy atom. The molecular weight excluding hydrogens is 216 g/mol. The van der Waals surface area contributed by atoms with E-state index in [1.165, 1.54) is 0 Å². The molecule has 0 aromatic carbocycles. The van der Waals surface area contributed by atoms with Gasteiger partial charge in [0.2, 0.25) is 0 Å². The molecule has 0 heterocycles. The van der Waals surface area contributed by atoms with Gasteiger partial charge in [-0.2, -0.15) is 5.26 Å². The van der Waals surface area contributed by atoms with Gasteiger partial charge in [0.15, 0.2) is 0 Å². The number of nitriles is 1. The molecule has 1 N–H and O–H groups in total. The molecule has 0 aliphatic heterocycles. The fraction of sp³-hybridized carbons (Fsp3) is 0.923. The molecule has 0 rings (SSSR count). The van der Waals surface area contributed by atoms with Crippen molar-refractivity contribution in [2.75, 3.05) is 26.4 Å². The fourth-order valence-corrected chi connectivity index (χ4v) is 1.46. The molecule has 0 aliphatic rings. The zero-order valence-electron chi connectivity index (χ0n) is 11.7. The first-order valence-electron chi connectivity index (χ1n) is 6.24. The Bertz CT molecular complexity index is 236. The average Bonchev–Trinajstić information content (AvgIpc) is 2.22. The zero-order valence-corrected chi connectivity index (χ0v) is 11.7. The SMILES string of the molecule is CC(C)COCCOCC(C)(C#N)NC(C)C. The van der Waals surface area contributed by atoms with Crippen molar-refractivity contribution in [3.05, 3.63) is 0 Å². The van der Waals surface area contributed by atoms with Gasteiger partial charge < -0.3 is 9.47 Å². The van der Waals surface area contributed by atoms with E-state index in [0.29, 0.717) is 25.7 Å². The Labute approximate surface area is 105 Å². The van der Waals surface area contributed by atoms with E-state index in [1.54, 1.807) is 0 Å². The van der Waals surface area contributed by atoms with Gasteiger partial charge in [0.05, 0.1) is 25.9 Å². The zero-order chi connectivity index (χ0) is 13.3. The van der Waals surface area contributed by atoms with Crippen LogP contribution in [0.4, 0.5) is 0 Å². The molecule has 0 radical (unpaired) electrons. The molecule has 100 valence electrons. The van der Waals surface area contributed by atoms with Gasteiger partial charge in [-0.25, -0.2) is 0 Å². The van der Waals surface area contributed by atoms with Crippen LogP contribution >= 0.6 is 0 Å². The summed E-state index contributed by atoms with van der Waals surface area (Å²) in [6.45, 7) is 12.4. The van der Waals surface area contributed by atoms with Crippen molar-refractivity contribution >= 4 is 0 Å². The van der Waals surface area contributed by atoms with Crippen LogP contribution in [-0.2, 0) is 9.47 Å². The van der Waals surface area contributed by atoms with Crippen LogP contribution < -0.4 is 5.32 Å². The molecule has 17 heavy (non-hydrogen) atoms. The number of nitrogens with zero attached hydrogens (tertiary/aromatic N) is 1. The highest BCUT2D eigenvalue weighted by molar-refractivity contribution is 5.04. The van der Waals surface area contributed by atoms with Crippen molar-refractivity contribution < 1.29 is 9.47 Å². The van der Waals surface area contributed by atoms with Crippen LogP contribution in [0, 0.1) is 17.2 Å². The van der Waals surface area contributed by atoms with Gasteiger partial charge in [0.1, 0.15) is 5.54 Å². The standard InChI is InChI=1S/C13H26N2O2/c1-11(2)8-16-6-7-17-10-13(5,9-14)15-12(3)4/h11-12,15H,6-8,10H2,1-5H3. The third-order valence-electron chi connectivity index (χ3n) is 2.07. The monoisotopic (exact) mass is 242 g/mol. The largest absolute Gasteiger partial charge is 0.379 e. The van der Waals surface area contributed by atoms with Crippen molar-refractivity contribution in [3.8, 4) is 6.07 Å². The maximum Gasteiger partial charge on any atom is 0.127 e. The predicted molar refractivity (Wildman–Crippen MR) is 68.8 cm³/mol. The van der Waals surface area contributed by atoms with E-state index < -0.39 is 5.54 Å². The van der Waals surface area contributed by atoms with E-state index in [2.05, 4.69) is 25.2 Å². The van der Waals surface area contributed by atoms with Crippen LogP contribution in [0.15, 0.2) is 0 Å². The molecule has 1 unspecified atom stereocenters. The van der Waals surface area contributed by atoms with Gasteiger partial charge in [-0.3, -0.25) is 5.32 Å². The minimum atomic E-state index is -0.619. The van der Waals surface area contributed by atoms with Crippen LogP contribution in [0.25, 0.3) is 0 Å². The van der Waals surface area contributed by atoms with Crippen molar-refractivity contribution in [3.63, 3.8) is 0 Å². The van der Waals surface area contributed by atoms with Gasteiger partial charge in [-0.05, 0) is 26.7 Å². The van der Waals surface area contributed by atoms with E-state index in [0.717, 1.165) is 6.61 Å². The van der Waals surface area contributed by atoms with Crippen molar-refractivity contribution in [1.82, 2.24) is 5.32 Å². The van der Waals surface area contributed by atoms with Crippen LogP contribution in [0.1, 0.15) is 34.6 Å². The lowest BCUT2D eigenvalue weighted by atomic mass is 10.1. The van der Waals surface area contributed by atoms with Gasteiger partial charge in [-0.1, -0.05) is 13.8 Å². The maximum atomic E-state index is 9.09. The quantitative estimate of drug-likeness (QED) is 0.628. The fourth-order valence-electron chi connectivity index (χ4n) is 1.46. The highest BCUT2D eigenvalue weighted by Crippen LogP contribution is 2.04. The molecule has 0 bridgehead atoms.